The van der Waals surface area contributed by atoms with E-state index in [0.29, 0.717) is 13.1 Å². The number of nitrogens with zero attached hydrogens (tertiary/aromatic N) is 1. The molecule has 10 nitrogen and oxygen atoms in total. The number of ether oxygens (including phenoxy) is 3. The lowest BCUT2D eigenvalue weighted by atomic mass is 10.4. The molecule has 0 aliphatic carbocycles. The largest absolute Gasteiger partial charge is 0.481 e. The van der Waals surface area contributed by atoms with Crippen LogP contribution in [0.2, 0.25) is 0 Å². The third-order valence-corrected chi connectivity index (χ3v) is 2.52. The fraction of sp³-hybridized carbons (Fsp3) is 0.769. The monoisotopic (exact) mass is 337 g/mol. The Morgan fingerprint density at radius 2 is 1.17 bits per heavy atom. The first-order chi connectivity index (χ1) is 10.9. The Bertz CT molecular complexity index is 337. The van der Waals surface area contributed by atoms with Gasteiger partial charge in [0.2, 0.25) is 0 Å². The molecule has 0 aromatic rings. The van der Waals surface area contributed by atoms with Crippen LogP contribution in [-0.4, -0.2) is 91.0 Å². The molecule has 3 N–H and O–H groups in total. The number of rotatable bonds is 16. The molecular formula is C13H23NO9. The molecular weight excluding hydrogens is 314 g/mol. The highest BCUT2D eigenvalue weighted by Gasteiger charge is 2.07. The quantitative estimate of drug-likeness (QED) is 0.245. The molecule has 0 spiro atoms. The summed E-state index contributed by atoms with van der Waals surface area (Å²) >= 11 is 0. The van der Waals surface area contributed by atoms with Gasteiger partial charge in [-0.2, -0.15) is 0 Å². The summed E-state index contributed by atoms with van der Waals surface area (Å²) in [5.74, 6) is -2.97. The zero-order valence-corrected chi connectivity index (χ0v) is 12.8. The van der Waals surface area contributed by atoms with Crippen LogP contribution in [0, 0.1) is 0 Å². The van der Waals surface area contributed by atoms with Crippen LogP contribution in [0.25, 0.3) is 0 Å². The Morgan fingerprint density at radius 1 is 0.696 bits per heavy atom. The Morgan fingerprint density at radius 3 is 1.57 bits per heavy atom. The van der Waals surface area contributed by atoms with Crippen molar-refractivity contribution in [2.24, 2.45) is 0 Å². The van der Waals surface area contributed by atoms with E-state index < -0.39 is 24.5 Å². The first-order valence-electron chi connectivity index (χ1n) is 7.02. The average molecular weight is 337 g/mol. The number of carboxylic acid groups (broad SMARTS) is 3. The Labute approximate surface area is 133 Å². The number of carboxylic acids is 3. The van der Waals surface area contributed by atoms with E-state index in [1.54, 1.807) is 4.90 Å². The van der Waals surface area contributed by atoms with E-state index in [9.17, 15) is 14.4 Å². The average Bonchev–Trinajstić information content (AvgIpc) is 2.44. The van der Waals surface area contributed by atoms with Gasteiger partial charge in [-0.3, -0.25) is 14.5 Å². The highest BCUT2D eigenvalue weighted by Crippen LogP contribution is 1.93. The summed E-state index contributed by atoms with van der Waals surface area (Å²) in [5, 5.41) is 25.5. The highest BCUT2D eigenvalue weighted by molar-refractivity contribution is 5.68. The standard InChI is InChI=1S/C13H23NO9/c15-11(16)1-5-21-7-3-14(10-23-9-13(19)20)4-8-22-6-2-12(17)18/h1-10H2,(H,15,16)(H,17,18)(H,19,20). The fourth-order valence-electron chi connectivity index (χ4n) is 1.41. The minimum atomic E-state index is -1.08. The number of carbonyl (C=O) groups is 3. The van der Waals surface area contributed by atoms with Crippen molar-refractivity contribution >= 4 is 17.9 Å². The highest BCUT2D eigenvalue weighted by atomic mass is 16.5. The second kappa shape index (κ2) is 13.9. The fourth-order valence-corrected chi connectivity index (χ4v) is 1.41. The molecule has 0 unspecified atom stereocenters. The van der Waals surface area contributed by atoms with Gasteiger partial charge in [-0.05, 0) is 0 Å². The SMILES string of the molecule is O=C(O)CCOCCN(CCOCCC(=O)O)COCC(=O)O. The summed E-state index contributed by atoms with van der Waals surface area (Å²) in [7, 11) is 0. The first kappa shape index (κ1) is 21.2. The summed E-state index contributed by atoms with van der Waals surface area (Å²) in [4.78, 5) is 32.8. The van der Waals surface area contributed by atoms with E-state index in [-0.39, 0.29) is 46.0 Å². The van der Waals surface area contributed by atoms with Gasteiger partial charge in [-0.25, -0.2) is 4.79 Å². The molecule has 0 aliphatic heterocycles. The van der Waals surface area contributed by atoms with Gasteiger partial charge in [0, 0.05) is 13.1 Å². The van der Waals surface area contributed by atoms with E-state index in [2.05, 4.69) is 0 Å². The molecule has 0 heterocycles. The van der Waals surface area contributed by atoms with Crippen LogP contribution in [0.1, 0.15) is 12.8 Å². The van der Waals surface area contributed by atoms with Gasteiger partial charge >= 0.3 is 17.9 Å². The molecule has 0 aromatic heterocycles. The number of hydrogen-bond donors (Lipinski definition) is 3. The lowest BCUT2D eigenvalue weighted by Crippen LogP contribution is -2.34. The number of aliphatic carboxylic acids is 3. The van der Waals surface area contributed by atoms with Crippen LogP contribution in [0.15, 0.2) is 0 Å². The Hall–Kier alpha value is -1.75. The maximum absolute atomic E-state index is 10.4. The molecule has 134 valence electrons. The van der Waals surface area contributed by atoms with E-state index >= 15 is 0 Å². The third kappa shape index (κ3) is 16.4. The van der Waals surface area contributed by atoms with Crippen LogP contribution in [0.3, 0.4) is 0 Å². The zero-order chi connectivity index (χ0) is 17.5. The molecule has 10 heteroatoms. The molecule has 0 fully saturated rings. The van der Waals surface area contributed by atoms with E-state index in [1.807, 2.05) is 0 Å². The van der Waals surface area contributed by atoms with Crippen molar-refractivity contribution in [2.45, 2.75) is 12.8 Å². The molecule has 0 saturated heterocycles. The van der Waals surface area contributed by atoms with Gasteiger partial charge in [0.15, 0.2) is 0 Å². The summed E-state index contributed by atoms with van der Waals surface area (Å²) < 4.78 is 15.3. The van der Waals surface area contributed by atoms with Crippen LogP contribution >= 0.6 is 0 Å². The van der Waals surface area contributed by atoms with Crippen molar-refractivity contribution in [3.8, 4) is 0 Å². The smallest absolute Gasteiger partial charge is 0.329 e. The molecule has 0 rings (SSSR count). The molecule has 0 saturated carbocycles. The Kier molecular flexibility index (Phi) is 12.8. The molecule has 23 heavy (non-hydrogen) atoms. The third-order valence-electron chi connectivity index (χ3n) is 2.52. The van der Waals surface area contributed by atoms with Gasteiger partial charge in [0.1, 0.15) is 6.61 Å². The number of hydrogen-bond acceptors (Lipinski definition) is 7. The van der Waals surface area contributed by atoms with Gasteiger partial charge < -0.3 is 29.5 Å². The maximum atomic E-state index is 10.4. The minimum Gasteiger partial charge on any atom is -0.481 e. The van der Waals surface area contributed by atoms with Gasteiger partial charge in [-0.1, -0.05) is 0 Å². The van der Waals surface area contributed by atoms with Crippen molar-refractivity contribution in [1.29, 1.82) is 0 Å². The molecule has 0 radical (unpaired) electrons. The summed E-state index contributed by atoms with van der Waals surface area (Å²) in [5.41, 5.74) is 0. The molecule has 0 atom stereocenters. The molecule has 0 amide bonds. The van der Waals surface area contributed by atoms with Gasteiger partial charge in [-0.15, -0.1) is 0 Å². The predicted octanol–water partition coefficient (Wildman–Crippen LogP) is -0.670. The normalized spacial score (nSPS) is 10.8. The predicted molar refractivity (Wildman–Crippen MR) is 76.2 cm³/mol. The summed E-state index contributed by atoms with van der Waals surface area (Å²) in [6.07, 6.45) is -0.179. The van der Waals surface area contributed by atoms with E-state index in [1.165, 1.54) is 0 Å². The van der Waals surface area contributed by atoms with Crippen LogP contribution < -0.4 is 0 Å². The molecule has 0 aliphatic rings. The zero-order valence-electron chi connectivity index (χ0n) is 12.8. The Balaban J connectivity index is 3.90. The summed E-state index contributed by atoms with van der Waals surface area (Å²) in [6.45, 7) is 1.14. The second-order valence-corrected chi connectivity index (χ2v) is 4.50. The van der Waals surface area contributed by atoms with Crippen LogP contribution in [0.5, 0.6) is 0 Å². The second-order valence-electron chi connectivity index (χ2n) is 4.50. The van der Waals surface area contributed by atoms with Crippen molar-refractivity contribution in [1.82, 2.24) is 4.90 Å². The van der Waals surface area contributed by atoms with E-state index in [0.717, 1.165) is 0 Å². The van der Waals surface area contributed by atoms with Crippen molar-refractivity contribution in [3.63, 3.8) is 0 Å². The lowest BCUT2D eigenvalue weighted by Gasteiger charge is -2.21. The summed E-state index contributed by atoms with van der Waals surface area (Å²) in [6, 6.07) is 0. The first-order valence-corrected chi connectivity index (χ1v) is 7.02. The van der Waals surface area contributed by atoms with E-state index in [4.69, 9.17) is 29.5 Å². The van der Waals surface area contributed by atoms with Crippen molar-refractivity contribution in [3.05, 3.63) is 0 Å². The van der Waals surface area contributed by atoms with Crippen LogP contribution in [0.4, 0.5) is 0 Å². The van der Waals surface area contributed by atoms with Gasteiger partial charge in [0.05, 0.1) is 46.0 Å². The van der Waals surface area contributed by atoms with Crippen LogP contribution in [-0.2, 0) is 28.6 Å². The minimum absolute atomic E-state index is 0.0525. The molecule has 0 bridgehead atoms. The lowest BCUT2D eigenvalue weighted by molar-refractivity contribution is -0.144. The van der Waals surface area contributed by atoms with Crippen molar-refractivity contribution in [2.75, 3.05) is 52.9 Å². The topological polar surface area (TPSA) is 143 Å². The maximum Gasteiger partial charge on any atom is 0.329 e. The van der Waals surface area contributed by atoms with Crippen molar-refractivity contribution < 1.29 is 43.9 Å². The van der Waals surface area contributed by atoms with Gasteiger partial charge in [0.25, 0.3) is 0 Å². The molecule has 0 aromatic carbocycles.